The van der Waals surface area contributed by atoms with Crippen LogP contribution in [0.4, 0.5) is 0 Å². The zero-order valence-electron chi connectivity index (χ0n) is 15.3. The molecule has 0 spiro atoms. The third-order valence-corrected chi connectivity index (χ3v) is 7.02. The number of halogens is 1. The van der Waals surface area contributed by atoms with Crippen LogP contribution in [0, 0.1) is 6.92 Å². The van der Waals surface area contributed by atoms with Crippen LogP contribution in [0.2, 0.25) is 0 Å². The molecular weight excluding hydrogens is 436 g/mol. The van der Waals surface area contributed by atoms with Gasteiger partial charge in [-0.3, -0.25) is 0 Å². The summed E-state index contributed by atoms with van der Waals surface area (Å²) in [6, 6.07) is 24.0. The lowest BCUT2D eigenvalue weighted by atomic mass is 9.99. The summed E-state index contributed by atoms with van der Waals surface area (Å²) in [6.45, 7) is 1.93. The Kier molecular flexibility index (Phi) is 5.08. The van der Waals surface area contributed by atoms with Crippen molar-refractivity contribution in [1.29, 1.82) is 0 Å². The number of rotatable bonds is 4. The molecular formula is C22H19BrN2O2S. The molecule has 0 aliphatic carbocycles. The lowest BCUT2D eigenvalue weighted by Crippen LogP contribution is -2.27. The predicted octanol–water partition coefficient (Wildman–Crippen LogP) is 5.30. The van der Waals surface area contributed by atoms with E-state index in [0.29, 0.717) is 6.42 Å². The molecule has 0 N–H and O–H groups in total. The summed E-state index contributed by atoms with van der Waals surface area (Å²) >= 11 is 3.44. The largest absolute Gasteiger partial charge is 0.279 e. The molecule has 0 radical (unpaired) electrons. The van der Waals surface area contributed by atoms with Gasteiger partial charge in [0.1, 0.15) is 0 Å². The topological polar surface area (TPSA) is 49.7 Å². The first-order valence-corrected chi connectivity index (χ1v) is 11.2. The molecule has 1 aliphatic heterocycles. The summed E-state index contributed by atoms with van der Waals surface area (Å²) in [5.41, 5.74) is 3.62. The normalized spacial score (nSPS) is 16.9. The Morgan fingerprint density at radius 2 is 1.57 bits per heavy atom. The Bertz CT molecular complexity index is 1110. The van der Waals surface area contributed by atoms with Gasteiger partial charge < -0.3 is 0 Å². The highest BCUT2D eigenvalue weighted by Gasteiger charge is 2.37. The van der Waals surface area contributed by atoms with Gasteiger partial charge in [0.2, 0.25) is 0 Å². The molecule has 4 nitrogen and oxygen atoms in total. The predicted molar refractivity (Wildman–Crippen MR) is 115 cm³/mol. The molecule has 0 aromatic heterocycles. The Balaban J connectivity index is 1.79. The van der Waals surface area contributed by atoms with Crippen LogP contribution in [-0.2, 0) is 10.0 Å². The van der Waals surface area contributed by atoms with Crippen molar-refractivity contribution < 1.29 is 8.42 Å². The molecule has 3 aromatic rings. The summed E-state index contributed by atoms with van der Waals surface area (Å²) in [5.74, 6) is 0. The molecule has 1 atom stereocenters. The second kappa shape index (κ2) is 7.53. The number of hydrazone groups is 1. The number of hydrogen-bond acceptors (Lipinski definition) is 3. The molecule has 142 valence electrons. The van der Waals surface area contributed by atoms with Crippen molar-refractivity contribution in [3.63, 3.8) is 0 Å². The van der Waals surface area contributed by atoms with Crippen LogP contribution in [0.3, 0.4) is 0 Å². The van der Waals surface area contributed by atoms with Gasteiger partial charge in [-0.25, -0.2) is 0 Å². The quantitative estimate of drug-likeness (QED) is 0.536. The second-order valence-electron chi connectivity index (χ2n) is 6.77. The van der Waals surface area contributed by atoms with E-state index in [1.54, 1.807) is 24.3 Å². The molecule has 0 bridgehead atoms. The first-order chi connectivity index (χ1) is 13.4. The minimum atomic E-state index is -3.77. The lowest BCUT2D eigenvalue weighted by molar-refractivity contribution is 0.371. The van der Waals surface area contributed by atoms with E-state index >= 15 is 0 Å². The first-order valence-electron chi connectivity index (χ1n) is 8.94. The van der Waals surface area contributed by atoms with E-state index in [2.05, 4.69) is 21.0 Å². The van der Waals surface area contributed by atoms with Crippen molar-refractivity contribution >= 4 is 31.7 Å². The maximum Gasteiger partial charge on any atom is 0.279 e. The van der Waals surface area contributed by atoms with E-state index in [1.165, 1.54) is 4.41 Å². The Labute approximate surface area is 173 Å². The van der Waals surface area contributed by atoms with Gasteiger partial charge >= 0.3 is 0 Å². The highest BCUT2D eigenvalue weighted by molar-refractivity contribution is 9.10. The fraction of sp³-hybridized carbons (Fsp3) is 0.136. The van der Waals surface area contributed by atoms with Crippen LogP contribution < -0.4 is 0 Å². The van der Waals surface area contributed by atoms with Crippen LogP contribution in [0.5, 0.6) is 0 Å². The van der Waals surface area contributed by atoms with Crippen molar-refractivity contribution in [2.75, 3.05) is 0 Å². The molecule has 0 unspecified atom stereocenters. The molecule has 1 aliphatic rings. The van der Waals surface area contributed by atoms with Crippen LogP contribution >= 0.6 is 15.9 Å². The first kappa shape index (κ1) is 18.9. The van der Waals surface area contributed by atoms with Gasteiger partial charge in [-0.05, 0) is 42.3 Å². The van der Waals surface area contributed by atoms with Crippen molar-refractivity contribution in [3.8, 4) is 0 Å². The summed E-state index contributed by atoms with van der Waals surface area (Å²) in [6.07, 6.45) is 0.525. The average molecular weight is 455 g/mol. The van der Waals surface area contributed by atoms with E-state index in [-0.39, 0.29) is 10.9 Å². The lowest BCUT2D eigenvalue weighted by Gasteiger charge is -2.23. The minimum Gasteiger partial charge on any atom is -0.200 e. The van der Waals surface area contributed by atoms with E-state index in [1.807, 2.05) is 61.5 Å². The summed E-state index contributed by atoms with van der Waals surface area (Å²) < 4.78 is 29.0. The number of hydrogen-bond donors (Lipinski definition) is 0. The second-order valence-corrected chi connectivity index (χ2v) is 9.49. The Morgan fingerprint density at radius 3 is 2.21 bits per heavy atom. The van der Waals surface area contributed by atoms with Crippen molar-refractivity contribution in [3.05, 3.63) is 100 Å². The zero-order chi connectivity index (χ0) is 19.7. The van der Waals surface area contributed by atoms with Gasteiger partial charge in [0, 0.05) is 10.9 Å². The minimum absolute atomic E-state index is 0.250. The molecule has 28 heavy (non-hydrogen) atoms. The number of nitrogens with zero attached hydrogens (tertiary/aromatic N) is 2. The molecule has 4 rings (SSSR count). The van der Waals surface area contributed by atoms with E-state index in [4.69, 9.17) is 0 Å². The van der Waals surface area contributed by atoms with Gasteiger partial charge in [0.15, 0.2) is 0 Å². The standard InChI is InChI=1S/C22H19BrN2O2S/c1-16-7-13-20(14-8-16)28(26,27)25-22(18-5-3-2-4-6-18)15-21(24-25)17-9-11-19(23)12-10-17/h2-14,22H,15H2,1H3/t22-/m0/s1. The number of benzene rings is 3. The molecule has 0 fully saturated rings. The number of aryl methyl sites for hydroxylation is 1. The van der Waals surface area contributed by atoms with Crippen molar-refractivity contribution in [2.24, 2.45) is 5.10 Å². The van der Waals surface area contributed by atoms with Gasteiger partial charge in [0.25, 0.3) is 10.0 Å². The molecule has 3 aromatic carbocycles. The summed E-state index contributed by atoms with van der Waals surface area (Å²) in [7, 11) is -3.77. The number of sulfonamides is 1. The van der Waals surface area contributed by atoms with Gasteiger partial charge in [0.05, 0.1) is 16.6 Å². The van der Waals surface area contributed by atoms with Crippen LogP contribution in [-0.4, -0.2) is 18.5 Å². The monoisotopic (exact) mass is 454 g/mol. The van der Waals surface area contributed by atoms with Crippen molar-refractivity contribution in [1.82, 2.24) is 4.41 Å². The van der Waals surface area contributed by atoms with Crippen LogP contribution in [0.25, 0.3) is 0 Å². The third kappa shape index (κ3) is 3.62. The summed E-state index contributed by atoms with van der Waals surface area (Å²) in [4.78, 5) is 0.250. The summed E-state index contributed by atoms with van der Waals surface area (Å²) in [5, 5.41) is 4.56. The Hall–Kier alpha value is -2.44. The molecule has 0 saturated carbocycles. The van der Waals surface area contributed by atoms with Crippen molar-refractivity contribution in [2.45, 2.75) is 24.3 Å². The van der Waals surface area contributed by atoms with E-state index in [0.717, 1.165) is 26.9 Å². The van der Waals surface area contributed by atoms with Gasteiger partial charge in [-0.1, -0.05) is 76.1 Å². The molecule has 0 saturated heterocycles. The maximum atomic E-state index is 13.4. The maximum absolute atomic E-state index is 13.4. The van der Waals surface area contributed by atoms with Gasteiger partial charge in [-0.2, -0.15) is 17.9 Å². The van der Waals surface area contributed by atoms with E-state index < -0.39 is 10.0 Å². The highest BCUT2D eigenvalue weighted by Crippen LogP contribution is 2.37. The average Bonchev–Trinajstić information content (AvgIpc) is 3.16. The molecule has 6 heteroatoms. The molecule has 1 heterocycles. The highest BCUT2D eigenvalue weighted by atomic mass is 79.9. The van der Waals surface area contributed by atoms with E-state index in [9.17, 15) is 8.42 Å². The SMILES string of the molecule is Cc1ccc(S(=O)(=O)N2N=C(c3ccc(Br)cc3)C[C@H]2c2ccccc2)cc1. The van der Waals surface area contributed by atoms with Gasteiger partial charge in [-0.15, -0.1) is 0 Å². The van der Waals surface area contributed by atoms with Crippen LogP contribution in [0.1, 0.15) is 29.2 Å². The smallest absolute Gasteiger partial charge is 0.200 e. The van der Waals surface area contributed by atoms with Crippen LogP contribution in [0.15, 0.2) is 93.3 Å². The fourth-order valence-electron chi connectivity index (χ4n) is 3.27. The Morgan fingerprint density at radius 1 is 0.929 bits per heavy atom. The molecule has 0 amide bonds. The third-order valence-electron chi connectivity index (χ3n) is 4.80. The fourth-order valence-corrected chi connectivity index (χ4v) is 4.97. The zero-order valence-corrected chi connectivity index (χ0v) is 17.7.